The molecule has 4 aromatic rings. The largest absolute Gasteiger partial charge is 0.497 e. The molecule has 248 valence electrons. The van der Waals surface area contributed by atoms with Gasteiger partial charge in [-0.25, -0.2) is 8.42 Å². The molecule has 0 radical (unpaired) electrons. The number of nitrogens with zero attached hydrogens (tertiary/aromatic N) is 2. The van der Waals surface area contributed by atoms with Crippen LogP contribution in [0.25, 0.3) is 0 Å². The predicted octanol–water partition coefficient (Wildman–Crippen LogP) is 6.03. The maximum Gasteiger partial charge on any atom is 0.264 e. The van der Waals surface area contributed by atoms with Gasteiger partial charge < -0.3 is 19.7 Å². The summed E-state index contributed by atoms with van der Waals surface area (Å²) in [6.07, 6.45) is 0.195. The van der Waals surface area contributed by atoms with Crippen LogP contribution in [0, 0.1) is 6.92 Å². The molecule has 47 heavy (non-hydrogen) atoms. The smallest absolute Gasteiger partial charge is 0.264 e. The molecule has 9 nitrogen and oxygen atoms in total. The number of anilines is 1. The molecule has 1 atom stereocenters. The Labute approximate surface area is 282 Å². The topological polar surface area (TPSA) is 105 Å². The van der Waals surface area contributed by atoms with Gasteiger partial charge in [-0.15, -0.1) is 0 Å². The van der Waals surface area contributed by atoms with Crippen molar-refractivity contribution < 1.29 is 27.5 Å². The molecule has 11 heteroatoms. The number of hydrogen-bond acceptors (Lipinski definition) is 6. The summed E-state index contributed by atoms with van der Waals surface area (Å²) < 4.78 is 40.6. The summed E-state index contributed by atoms with van der Waals surface area (Å²) in [5.74, 6) is -0.192. The molecule has 0 aliphatic heterocycles. The monoisotopic (exact) mass is 677 g/mol. The van der Waals surface area contributed by atoms with E-state index in [2.05, 4.69) is 5.32 Å². The number of sulfonamides is 1. The highest BCUT2D eigenvalue weighted by molar-refractivity contribution is 7.92. The Morgan fingerprint density at radius 3 is 2.17 bits per heavy atom. The number of methoxy groups -OCH3 is 2. The Kier molecular flexibility index (Phi) is 11.9. The van der Waals surface area contributed by atoms with Crippen molar-refractivity contribution in [3.63, 3.8) is 0 Å². The maximum absolute atomic E-state index is 14.7. The number of aryl methyl sites for hydroxylation is 1. The lowest BCUT2D eigenvalue weighted by Crippen LogP contribution is -2.54. The zero-order valence-corrected chi connectivity index (χ0v) is 28.7. The molecule has 4 aromatic carbocycles. The van der Waals surface area contributed by atoms with Crippen molar-refractivity contribution in [1.29, 1.82) is 0 Å². The van der Waals surface area contributed by atoms with Gasteiger partial charge in [0.25, 0.3) is 10.0 Å². The molecule has 0 saturated carbocycles. The van der Waals surface area contributed by atoms with Crippen molar-refractivity contribution >= 4 is 39.1 Å². The third-order valence-corrected chi connectivity index (χ3v) is 9.50. The molecule has 0 heterocycles. The van der Waals surface area contributed by atoms with Crippen LogP contribution in [0.15, 0.2) is 102 Å². The van der Waals surface area contributed by atoms with Crippen molar-refractivity contribution in [3.8, 4) is 11.5 Å². The first kappa shape index (κ1) is 35.3. The van der Waals surface area contributed by atoms with Crippen LogP contribution < -0.4 is 19.1 Å². The normalized spacial score (nSPS) is 11.9. The quantitative estimate of drug-likeness (QED) is 0.175. The van der Waals surface area contributed by atoms with Crippen LogP contribution >= 0.6 is 11.6 Å². The molecule has 0 fully saturated rings. The van der Waals surface area contributed by atoms with E-state index in [1.807, 2.05) is 57.2 Å². The standard InChI is InChI=1S/C36H40ClN3O6S/c1-25(2)38-36(42)33(21-27-10-7-6-8-11-27)39(23-28-12-9-13-30(20-28)45-4)35(41)24-40(32-22-29(37)16-19-34(32)46-5)47(43,44)31-17-14-26(3)15-18-31/h6-20,22,25,33H,21,23-24H2,1-5H3,(H,38,42)/t33-/m1/s1. The molecule has 1 N–H and O–H groups in total. The summed E-state index contributed by atoms with van der Waals surface area (Å²) in [7, 11) is -1.38. The zero-order chi connectivity index (χ0) is 34.1. The van der Waals surface area contributed by atoms with E-state index < -0.39 is 28.5 Å². The van der Waals surface area contributed by atoms with Gasteiger partial charge in [0, 0.05) is 24.0 Å². The fourth-order valence-corrected chi connectivity index (χ4v) is 6.69. The maximum atomic E-state index is 14.7. The van der Waals surface area contributed by atoms with Gasteiger partial charge in [-0.2, -0.15) is 0 Å². The van der Waals surface area contributed by atoms with Crippen molar-refractivity contribution in [2.75, 3.05) is 25.1 Å². The second-order valence-corrected chi connectivity index (χ2v) is 13.7. The lowest BCUT2D eigenvalue weighted by molar-refractivity contribution is -0.140. The average Bonchev–Trinajstić information content (AvgIpc) is 3.05. The van der Waals surface area contributed by atoms with E-state index in [0.29, 0.717) is 11.3 Å². The van der Waals surface area contributed by atoms with Crippen LogP contribution in [0.1, 0.15) is 30.5 Å². The summed E-state index contributed by atoms with van der Waals surface area (Å²) in [5.41, 5.74) is 2.49. The van der Waals surface area contributed by atoms with Crippen molar-refractivity contribution in [3.05, 3.63) is 119 Å². The van der Waals surface area contributed by atoms with Gasteiger partial charge in [0.05, 0.1) is 24.8 Å². The SMILES string of the molecule is COc1cccc(CN(C(=O)CN(c2cc(Cl)ccc2OC)S(=O)(=O)c2ccc(C)cc2)[C@H](Cc2ccccc2)C(=O)NC(C)C)c1. The number of halogens is 1. The molecule has 0 spiro atoms. The van der Waals surface area contributed by atoms with Crippen LogP contribution in [0.5, 0.6) is 11.5 Å². The third-order valence-electron chi connectivity index (χ3n) is 7.49. The number of rotatable bonds is 14. The minimum atomic E-state index is -4.33. The first-order valence-corrected chi connectivity index (χ1v) is 16.9. The number of ether oxygens (including phenoxy) is 2. The highest BCUT2D eigenvalue weighted by Crippen LogP contribution is 2.35. The number of amides is 2. The summed E-state index contributed by atoms with van der Waals surface area (Å²) in [4.78, 5) is 29.9. The molecule has 0 aromatic heterocycles. The van der Waals surface area contributed by atoms with Gasteiger partial charge >= 0.3 is 0 Å². The molecule has 0 bridgehead atoms. The van der Waals surface area contributed by atoms with Crippen LogP contribution in [-0.4, -0.2) is 58.0 Å². The minimum absolute atomic E-state index is 0.00412. The third kappa shape index (κ3) is 9.05. The van der Waals surface area contributed by atoms with E-state index in [1.54, 1.807) is 49.6 Å². The summed E-state index contributed by atoms with van der Waals surface area (Å²) in [5, 5.41) is 3.21. The molecular weight excluding hydrogens is 638 g/mol. The van der Waals surface area contributed by atoms with Crippen LogP contribution in [0.3, 0.4) is 0 Å². The van der Waals surface area contributed by atoms with Crippen LogP contribution in [-0.2, 0) is 32.6 Å². The highest BCUT2D eigenvalue weighted by atomic mass is 35.5. The van der Waals surface area contributed by atoms with E-state index in [1.165, 1.54) is 30.2 Å². The van der Waals surface area contributed by atoms with Crippen molar-refractivity contribution in [2.45, 2.75) is 50.7 Å². The van der Waals surface area contributed by atoms with E-state index >= 15 is 0 Å². The van der Waals surface area contributed by atoms with Gasteiger partial charge in [-0.05, 0) is 74.4 Å². The molecule has 0 unspecified atom stereocenters. The Bertz CT molecular complexity index is 1780. The summed E-state index contributed by atoms with van der Waals surface area (Å²) in [6, 6.07) is 26.3. The second kappa shape index (κ2) is 15.8. The Morgan fingerprint density at radius 1 is 0.851 bits per heavy atom. The molecule has 0 saturated heterocycles. The van der Waals surface area contributed by atoms with Crippen molar-refractivity contribution in [1.82, 2.24) is 10.2 Å². The number of carbonyl (C=O) groups excluding carboxylic acids is 2. The first-order chi connectivity index (χ1) is 22.4. The highest BCUT2D eigenvalue weighted by Gasteiger charge is 2.36. The lowest BCUT2D eigenvalue weighted by atomic mass is 10.0. The molecule has 0 aliphatic carbocycles. The number of carbonyl (C=O) groups is 2. The summed E-state index contributed by atoms with van der Waals surface area (Å²) in [6.45, 7) is 4.89. The number of benzene rings is 4. The predicted molar refractivity (Wildman–Crippen MR) is 184 cm³/mol. The Hall–Kier alpha value is -4.54. The first-order valence-electron chi connectivity index (χ1n) is 15.1. The zero-order valence-electron chi connectivity index (χ0n) is 27.1. The molecule has 2 amide bonds. The molecule has 4 rings (SSSR count). The van der Waals surface area contributed by atoms with E-state index in [9.17, 15) is 18.0 Å². The van der Waals surface area contributed by atoms with Gasteiger partial charge in [0.15, 0.2) is 0 Å². The Balaban J connectivity index is 1.86. The Morgan fingerprint density at radius 2 is 1.53 bits per heavy atom. The second-order valence-electron chi connectivity index (χ2n) is 11.4. The fourth-order valence-electron chi connectivity index (χ4n) is 5.11. The van der Waals surface area contributed by atoms with Crippen LogP contribution in [0.2, 0.25) is 5.02 Å². The minimum Gasteiger partial charge on any atom is -0.497 e. The van der Waals surface area contributed by atoms with Gasteiger partial charge in [0.2, 0.25) is 11.8 Å². The van der Waals surface area contributed by atoms with E-state index in [-0.39, 0.29) is 46.3 Å². The molecular formula is C36H40ClN3O6S. The van der Waals surface area contributed by atoms with E-state index in [4.69, 9.17) is 21.1 Å². The fraction of sp³-hybridized carbons (Fsp3) is 0.278. The van der Waals surface area contributed by atoms with Crippen LogP contribution in [0.4, 0.5) is 5.69 Å². The van der Waals surface area contributed by atoms with Gasteiger partial charge in [0.1, 0.15) is 24.1 Å². The number of nitrogens with one attached hydrogen (secondary N) is 1. The molecule has 0 aliphatic rings. The van der Waals surface area contributed by atoms with Gasteiger partial charge in [-0.3, -0.25) is 13.9 Å². The van der Waals surface area contributed by atoms with E-state index in [0.717, 1.165) is 15.4 Å². The lowest BCUT2D eigenvalue weighted by Gasteiger charge is -2.34. The van der Waals surface area contributed by atoms with Gasteiger partial charge in [-0.1, -0.05) is 71.8 Å². The number of hydrogen-bond donors (Lipinski definition) is 1. The summed E-state index contributed by atoms with van der Waals surface area (Å²) >= 11 is 6.36. The average molecular weight is 678 g/mol. The van der Waals surface area contributed by atoms with Crippen molar-refractivity contribution in [2.24, 2.45) is 0 Å².